The van der Waals surface area contributed by atoms with Gasteiger partial charge in [0.05, 0.1) is 4.90 Å². The van der Waals surface area contributed by atoms with E-state index in [-0.39, 0.29) is 0 Å². The van der Waals surface area contributed by atoms with Gasteiger partial charge in [-0.3, -0.25) is 0 Å². The number of hydrogen-bond donors (Lipinski definition) is 1. The third-order valence-corrected chi connectivity index (χ3v) is 5.05. The fourth-order valence-corrected chi connectivity index (χ4v) is 3.67. The summed E-state index contributed by atoms with van der Waals surface area (Å²) in [5.74, 6) is 0. The first-order valence-corrected chi connectivity index (χ1v) is 7.39. The molecule has 0 spiro atoms. The summed E-state index contributed by atoms with van der Waals surface area (Å²) in [6.45, 7) is 4.44. The van der Waals surface area contributed by atoms with Crippen LogP contribution in [0.4, 0.5) is 5.69 Å². The molecule has 1 saturated heterocycles. The van der Waals surface area contributed by atoms with Crippen molar-refractivity contribution >= 4 is 15.7 Å². The van der Waals surface area contributed by atoms with E-state index in [1.54, 1.807) is 12.1 Å². The van der Waals surface area contributed by atoms with E-state index < -0.39 is 10.0 Å². The summed E-state index contributed by atoms with van der Waals surface area (Å²) in [6, 6.07) is 4.97. The second-order valence-corrected chi connectivity index (χ2v) is 6.72. The number of nitrogens with two attached hydrogens (primary N) is 1. The van der Waals surface area contributed by atoms with E-state index in [9.17, 15) is 8.42 Å². The fourth-order valence-electron chi connectivity index (χ4n) is 2.10. The third kappa shape index (κ3) is 2.66. The van der Waals surface area contributed by atoms with Gasteiger partial charge in [0.15, 0.2) is 0 Å². The molecular formula is C12H19N3O2S. The van der Waals surface area contributed by atoms with Gasteiger partial charge >= 0.3 is 0 Å². The Morgan fingerprint density at radius 2 is 1.72 bits per heavy atom. The Hall–Kier alpha value is -1.11. The summed E-state index contributed by atoms with van der Waals surface area (Å²) >= 11 is 0. The number of likely N-dealkylation sites (N-methyl/N-ethyl adjacent to an activating group) is 1. The normalized spacial score (nSPS) is 19.0. The van der Waals surface area contributed by atoms with Crippen LogP contribution in [0.5, 0.6) is 0 Å². The van der Waals surface area contributed by atoms with E-state index in [0.29, 0.717) is 23.7 Å². The maximum atomic E-state index is 12.5. The highest BCUT2D eigenvalue weighted by molar-refractivity contribution is 7.89. The van der Waals surface area contributed by atoms with Crippen molar-refractivity contribution in [1.82, 2.24) is 9.21 Å². The van der Waals surface area contributed by atoms with Crippen molar-refractivity contribution in [2.45, 2.75) is 11.8 Å². The Kier molecular flexibility index (Phi) is 3.61. The van der Waals surface area contributed by atoms with Gasteiger partial charge < -0.3 is 10.6 Å². The quantitative estimate of drug-likeness (QED) is 0.795. The lowest BCUT2D eigenvalue weighted by atomic mass is 10.2. The van der Waals surface area contributed by atoms with Crippen LogP contribution in [0.15, 0.2) is 23.1 Å². The standard InChI is InChI=1S/C12H19N3O2S/c1-10-7-11(13)9-12(8-10)18(16,17)15-5-3-14(2)4-6-15/h7-9H,3-6,13H2,1-2H3. The van der Waals surface area contributed by atoms with Crippen molar-refractivity contribution in [3.8, 4) is 0 Å². The van der Waals surface area contributed by atoms with E-state index in [0.717, 1.165) is 18.7 Å². The minimum Gasteiger partial charge on any atom is -0.399 e. The first-order chi connectivity index (χ1) is 8.39. The highest BCUT2D eigenvalue weighted by Gasteiger charge is 2.27. The number of nitrogens with zero attached hydrogens (tertiary/aromatic N) is 2. The Morgan fingerprint density at radius 1 is 1.11 bits per heavy atom. The van der Waals surface area contributed by atoms with Crippen LogP contribution < -0.4 is 5.73 Å². The molecule has 0 radical (unpaired) electrons. The van der Waals surface area contributed by atoms with Crippen molar-refractivity contribution in [2.24, 2.45) is 0 Å². The van der Waals surface area contributed by atoms with Gasteiger partial charge in [-0.25, -0.2) is 8.42 Å². The van der Waals surface area contributed by atoms with Crippen molar-refractivity contribution in [1.29, 1.82) is 0 Å². The maximum Gasteiger partial charge on any atom is 0.243 e. The van der Waals surface area contributed by atoms with E-state index in [4.69, 9.17) is 5.73 Å². The Bertz CT molecular complexity index is 514. The van der Waals surface area contributed by atoms with E-state index in [2.05, 4.69) is 4.90 Å². The molecular weight excluding hydrogens is 250 g/mol. The van der Waals surface area contributed by atoms with Crippen LogP contribution >= 0.6 is 0 Å². The molecule has 0 atom stereocenters. The number of benzene rings is 1. The molecule has 2 rings (SSSR count). The molecule has 6 heteroatoms. The molecule has 1 heterocycles. The van der Waals surface area contributed by atoms with Gasteiger partial charge in [0, 0.05) is 31.9 Å². The lowest BCUT2D eigenvalue weighted by molar-refractivity contribution is 0.222. The van der Waals surface area contributed by atoms with Crippen LogP contribution in [-0.2, 0) is 10.0 Å². The Morgan fingerprint density at radius 3 is 2.28 bits per heavy atom. The summed E-state index contributed by atoms with van der Waals surface area (Å²) in [7, 11) is -1.41. The number of sulfonamides is 1. The van der Waals surface area contributed by atoms with Crippen LogP contribution in [0.3, 0.4) is 0 Å². The predicted octanol–water partition coefficient (Wildman–Crippen LogP) is 0.513. The molecule has 100 valence electrons. The highest BCUT2D eigenvalue weighted by atomic mass is 32.2. The van der Waals surface area contributed by atoms with Crippen LogP contribution in [0.25, 0.3) is 0 Å². The summed E-state index contributed by atoms with van der Waals surface area (Å²) in [5.41, 5.74) is 7.07. The minimum absolute atomic E-state index is 0.296. The Labute approximate surface area is 108 Å². The maximum absolute atomic E-state index is 12.5. The SMILES string of the molecule is Cc1cc(N)cc(S(=O)(=O)N2CCN(C)CC2)c1. The summed E-state index contributed by atoms with van der Waals surface area (Å²) in [6.07, 6.45) is 0. The van der Waals surface area contributed by atoms with Crippen LogP contribution in [0, 0.1) is 6.92 Å². The van der Waals surface area contributed by atoms with Gasteiger partial charge in [-0.05, 0) is 37.7 Å². The molecule has 1 fully saturated rings. The number of hydrogen-bond acceptors (Lipinski definition) is 4. The Balaban J connectivity index is 2.30. The minimum atomic E-state index is -3.40. The van der Waals surface area contributed by atoms with Gasteiger partial charge in [-0.2, -0.15) is 4.31 Å². The predicted molar refractivity (Wildman–Crippen MR) is 71.8 cm³/mol. The van der Waals surface area contributed by atoms with Gasteiger partial charge in [0.2, 0.25) is 10.0 Å². The molecule has 1 aliphatic rings. The lowest BCUT2D eigenvalue weighted by Gasteiger charge is -2.31. The molecule has 0 unspecified atom stereocenters. The van der Waals surface area contributed by atoms with Gasteiger partial charge in [0.25, 0.3) is 0 Å². The number of rotatable bonds is 2. The molecule has 1 aromatic carbocycles. The monoisotopic (exact) mass is 269 g/mol. The largest absolute Gasteiger partial charge is 0.399 e. The zero-order valence-corrected chi connectivity index (χ0v) is 11.6. The van der Waals surface area contributed by atoms with Crippen LogP contribution in [-0.4, -0.2) is 50.8 Å². The fraction of sp³-hybridized carbons (Fsp3) is 0.500. The number of nitrogen functional groups attached to an aromatic ring is 1. The second kappa shape index (κ2) is 4.87. The van der Waals surface area contributed by atoms with Gasteiger partial charge in [-0.15, -0.1) is 0 Å². The van der Waals surface area contributed by atoms with E-state index >= 15 is 0 Å². The molecule has 2 N–H and O–H groups in total. The molecule has 0 saturated carbocycles. The summed E-state index contributed by atoms with van der Waals surface area (Å²) in [5, 5.41) is 0. The number of piperazine rings is 1. The molecule has 1 aliphatic heterocycles. The number of anilines is 1. The topological polar surface area (TPSA) is 66.6 Å². The lowest BCUT2D eigenvalue weighted by Crippen LogP contribution is -2.47. The zero-order chi connectivity index (χ0) is 13.3. The molecule has 0 bridgehead atoms. The number of aryl methyl sites for hydroxylation is 1. The highest BCUT2D eigenvalue weighted by Crippen LogP contribution is 2.21. The molecule has 5 nitrogen and oxygen atoms in total. The molecule has 18 heavy (non-hydrogen) atoms. The van der Waals surface area contributed by atoms with Crippen molar-refractivity contribution < 1.29 is 8.42 Å². The van der Waals surface area contributed by atoms with Crippen LogP contribution in [0.2, 0.25) is 0 Å². The molecule has 0 aromatic heterocycles. The average Bonchev–Trinajstić information content (AvgIpc) is 2.28. The molecule has 1 aromatic rings. The van der Waals surface area contributed by atoms with E-state index in [1.165, 1.54) is 10.4 Å². The third-order valence-electron chi connectivity index (χ3n) is 3.17. The smallest absolute Gasteiger partial charge is 0.243 e. The first kappa shape index (κ1) is 13.3. The summed E-state index contributed by atoms with van der Waals surface area (Å²) < 4.78 is 26.4. The van der Waals surface area contributed by atoms with Gasteiger partial charge in [0.1, 0.15) is 0 Å². The summed E-state index contributed by atoms with van der Waals surface area (Å²) in [4.78, 5) is 2.42. The van der Waals surface area contributed by atoms with E-state index in [1.807, 2.05) is 14.0 Å². The molecule has 0 amide bonds. The zero-order valence-electron chi connectivity index (χ0n) is 10.8. The van der Waals surface area contributed by atoms with Crippen molar-refractivity contribution in [2.75, 3.05) is 39.0 Å². The van der Waals surface area contributed by atoms with Gasteiger partial charge in [-0.1, -0.05) is 0 Å². The first-order valence-electron chi connectivity index (χ1n) is 5.95. The van der Waals surface area contributed by atoms with Crippen LogP contribution in [0.1, 0.15) is 5.56 Å². The average molecular weight is 269 g/mol. The molecule has 0 aliphatic carbocycles. The van der Waals surface area contributed by atoms with Crippen molar-refractivity contribution in [3.63, 3.8) is 0 Å². The second-order valence-electron chi connectivity index (χ2n) is 4.79. The van der Waals surface area contributed by atoms with Crippen molar-refractivity contribution in [3.05, 3.63) is 23.8 Å².